The lowest BCUT2D eigenvalue weighted by Crippen LogP contribution is -2.51. The predicted molar refractivity (Wildman–Crippen MR) is 119 cm³/mol. The first-order valence-electron chi connectivity index (χ1n) is 10.2. The van der Waals surface area contributed by atoms with Gasteiger partial charge in [-0.3, -0.25) is 9.59 Å². The number of nitrogens with zero attached hydrogens (tertiary/aromatic N) is 1. The van der Waals surface area contributed by atoms with Gasteiger partial charge in [0.2, 0.25) is 11.8 Å². The van der Waals surface area contributed by atoms with Gasteiger partial charge in [0.1, 0.15) is 6.04 Å². The van der Waals surface area contributed by atoms with E-state index >= 15 is 0 Å². The largest absolute Gasteiger partial charge is 0.352 e. The Hall–Kier alpha value is -2.33. The zero-order valence-corrected chi connectivity index (χ0v) is 18.5. The van der Waals surface area contributed by atoms with E-state index in [4.69, 9.17) is 11.6 Å². The normalized spacial score (nSPS) is 12.9. The topological polar surface area (TPSA) is 49.4 Å². The van der Waals surface area contributed by atoms with Crippen molar-refractivity contribution < 1.29 is 9.59 Å². The summed E-state index contributed by atoms with van der Waals surface area (Å²) in [4.78, 5) is 27.9. The van der Waals surface area contributed by atoms with E-state index in [1.165, 1.54) is 0 Å². The fourth-order valence-corrected chi connectivity index (χ4v) is 3.37. The third-order valence-electron chi connectivity index (χ3n) is 5.09. The second-order valence-corrected chi connectivity index (χ2v) is 7.99. The predicted octanol–water partition coefficient (Wildman–Crippen LogP) is 4.91. The molecule has 1 N–H and O–H groups in total. The van der Waals surface area contributed by atoms with Gasteiger partial charge in [-0.15, -0.1) is 0 Å². The molecule has 29 heavy (non-hydrogen) atoms. The first kappa shape index (κ1) is 23.0. The molecule has 2 atom stereocenters. The molecule has 2 aromatic carbocycles. The number of nitrogens with one attached hydrogen (secondary N) is 1. The molecule has 2 rings (SSSR count). The summed E-state index contributed by atoms with van der Waals surface area (Å²) in [6.45, 7) is 8.38. The van der Waals surface area contributed by atoms with Crippen LogP contribution in [0, 0.1) is 6.92 Å². The van der Waals surface area contributed by atoms with E-state index in [1.54, 1.807) is 17.0 Å². The highest BCUT2D eigenvalue weighted by Crippen LogP contribution is 2.17. The number of carbonyl (C=O) groups is 2. The molecule has 5 heteroatoms. The molecule has 0 saturated heterocycles. The quantitative estimate of drug-likeness (QED) is 0.633. The average molecular weight is 415 g/mol. The summed E-state index contributed by atoms with van der Waals surface area (Å²) in [5, 5.41) is 3.67. The molecule has 156 valence electrons. The fraction of sp³-hybridized carbons (Fsp3) is 0.417. The van der Waals surface area contributed by atoms with Crippen molar-refractivity contribution in [3.8, 4) is 0 Å². The van der Waals surface area contributed by atoms with Crippen LogP contribution in [0.5, 0.6) is 0 Å². The van der Waals surface area contributed by atoms with E-state index in [2.05, 4.69) is 11.4 Å². The number of aryl methyl sites for hydroxylation is 1. The van der Waals surface area contributed by atoms with Crippen LogP contribution in [0.25, 0.3) is 0 Å². The average Bonchev–Trinajstić information content (AvgIpc) is 2.69. The zero-order chi connectivity index (χ0) is 21.4. The standard InChI is InChI=1S/C24H31ClN2O2/c1-5-18(4)26-24(29)22(6-2)27(16-20-9-7-8-17(3)14-20)23(28)15-19-10-12-21(25)13-11-19/h7-14,18,22H,5-6,15-16H2,1-4H3,(H,26,29)/t18-,22-/m1/s1. The lowest BCUT2D eigenvalue weighted by atomic mass is 10.1. The molecule has 0 aromatic heterocycles. The van der Waals surface area contributed by atoms with E-state index in [-0.39, 0.29) is 24.3 Å². The summed E-state index contributed by atoms with van der Waals surface area (Å²) in [6.07, 6.45) is 1.63. The van der Waals surface area contributed by atoms with Crippen LogP contribution < -0.4 is 5.32 Å². The maximum absolute atomic E-state index is 13.3. The minimum absolute atomic E-state index is 0.0695. The first-order chi connectivity index (χ1) is 13.8. The van der Waals surface area contributed by atoms with Gasteiger partial charge in [0.25, 0.3) is 0 Å². The molecule has 0 radical (unpaired) electrons. The van der Waals surface area contributed by atoms with E-state index in [0.717, 1.165) is 23.1 Å². The van der Waals surface area contributed by atoms with E-state index in [1.807, 2.05) is 58.0 Å². The number of carbonyl (C=O) groups excluding carboxylic acids is 2. The van der Waals surface area contributed by atoms with Crippen molar-refractivity contribution in [1.29, 1.82) is 0 Å². The van der Waals surface area contributed by atoms with Gasteiger partial charge in [0.15, 0.2) is 0 Å². The smallest absolute Gasteiger partial charge is 0.243 e. The fourth-order valence-electron chi connectivity index (χ4n) is 3.25. The number of halogens is 1. The molecule has 2 aromatic rings. The van der Waals surface area contributed by atoms with Gasteiger partial charge in [-0.1, -0.05) is 67.4 Å². The van der Waals surface area contributed by atoms with Crippen LogP contribution in [0.4, 0.5) is 0 Å². The van der Waals surface area contributed by atoms with Crippen molar-refractivity contribution >= 4 is 23.4 Å². The van der Waals surface area contributed by atoms with Gasteiger partial charge in [-0.25, -0.2) is 0 Å². The maximum Gasteiger partial charge on any atom is 0.243 e. The first-order valence-corrected chi connectivity index (χ1v) is 10.6. The minimum Gasteiger partial charge on any atom is -0.352 e. The second-order valence-electron chi connectivity index (χ2n) is 7.56. The van der Waals surface area contributed by atoms with Crippen LogP contribution in [0.2, 0.25) is 5.02 Å². The van der Waals surface area contributed by atoms with Crippen LogP contribution in [0.15, 0.2) is 48.5 Å². The number of benzene rings is 2. The van der Waals surface area contributed by atoms with Gasteiger partial charge in [0, 0.05) is 17.6 Å². The molecule has 0 aliphatic carbocycles. The summed E-state index contributed by atoms with van der Waals surface area (Å²) in [5.74, 6) is -0.168. The van der Waals surface area contributed by atoms with Gasteiger partial charge >= 0.3 is 0 Å². The zero-order valence-electron chi connectivity index (χ0n) is 17.7. The Bertz CT molecular complexity index is 820. The minimum atomic E-state index is -0.510. The van der Waals surface area contributed by atoms with Crippen LogP contribution in [-0.2, 0) is 22.6 Å². The molecule has 0 saturated carbocycles. The van der Waals surface area contributed by atoms with Gasteiger partial charge in [-0.2, -0.15) is 0 Å². The molecule has 0 spiro atoms. The lowest BCUT2D eigenvalue weighted by molar-refractivity contribution is -0.141. The number of hydrogen-bond acceptors (Lipinski definition) is 2. The highest BCUT2D eigenvalue weighted by Gasteiger charge is 2.29. The van der Waals surface area contributed by atoms with E-state index in [0.29, 0.717) is 18.0 Å². The maximum atomic E-state index is 13.3. The van der Waals surface area contributed by atoms with Crippen LogP contribution in [-0.4, -0.2) is 28.8 Å². The highest BCUT2D eigenvalue weighted by atomic mass is 35.5. The Morgan fingerprint density at radius 3 is 2.31 bits per heavy atom. The van der Waals surface area contributed by atoms with E-state index in [9.17, 15) is 9.59 Å². The van der Waals surface area contributed by atoms with Crippen LogP contribution >= 0.6 is 11.6 Å². The van der Waals surface area contributed by atoms with E-state index < -0.39 is 6.04 Å². The van der Waals surface area contributed by atoms with Crippen molar-refractivity contribution in [3.63, 3.8) is 0 Å². The van der Waals surface area contributed by atoms with Crippen molar-refractivity contribution in [2.75, 3.05) is 0 Å². The van der Waals surface area contributed by atoms with Crippen molar-refractivity contribution in [2.45, 2.75) is 65.6 Å². The van der Waals surface area contributed by atoms with Crippen molar-refractivity contribution in [3.05, 3.63) is 70.2 Å². The molecule has 0 aliphatic rings. The van der Waals surface area contributed by atoms with Crippen LogP contribution in [0.3, 0.4) is 0 Å². The summed E-state index contributed by atoms with van der Waals surface area (Å²) in [7, 11) is 0. The monoisotopic (exact) mass is 414 g/mol. The number of amides is 2. The summed E-state index contributed by atoms with van der Waals surface area (Å²) < 4.78 is 0. The Labute approximate surface area is 179 Å². The molecule has 0 aliphatic heterocycles. The summed E-state index contributed by atoms with van der Waals surface area (Å²) >= 11 is 5.96. The molecule has 0 fully saturated rings. The molecule has 0 heterocycles. The Morgan fingerprint density at radius 2 is 1.72 bits per heavy atom. The molecular weight excluding hydrogens is 384 g/mol. The van der Waals surface area contributed by atoms with Crippen molar-refractivity contribution in [2.24, 2.45) is 0 Å². The molecule has 4 nitrogen and oxygen atoms in total. The second kappa shape index (κ2) is 11.0. The number of hydrogen-bond donors (Lipinski definition) is 1. The molecule has 0 unspecified atom stereocenters. The lowest BCUT2D eigenvalue weighted by Gasteiger charge is -2.31. The number of rotatable bonds is 9. The van der Waals surface area contributed by atoms with Gasteiger partial charge in [-0.05, 0) is 49.9 Å². The molecular formula is C24H31ClN2O2. The Morgan fingerprint density at radius 1 is 1.03 bits per heavy atom. The summed E-state index contributed by atoms with van der Waals surface area (Å²) in [5.41, 5.74) is 3.03. The van der Waals surface area contributed by atoms with Crippen molar-refractivity contribution in [1.82, 2.24) is 10.2 Å². The van der Waals surface area contributed by atoms with Gasteiger partial charge in [0.05, 0.1) is 6.42 Å². The third kappa shape index (κ3) is 6.90. The Balaban J connectivity index is 2.28. The summed E-state index contributed by atoms with van der Waals surface area (Å²) in [6, 6.07) is 14.9. The SMILES string of the molecule is CC[C@@H](C)NC(=O)[C@@H](CC)N(Cc1cccc(C)c1)C(=O)Cc1ccc(Cl)cc1. The van der Waals surface area contributed by atoms with Gasteiger partial charge < -0.3 is 10.2 Å². The third-order valence-corrected chi connectivity index (χ3v) is 5.34. The molecule has 0 bridgehead atoms. The Kier molecular flexibility index (Phi) is 8.71. The highest BCUT2D eigenvalue weighted by molar-refractivity contribution is 6.30. The van der Waals surface area contributed by atoms with Crippen LogP contribution in [0.1, 0.15) is 50.3 Å². The molecule has 2 amide bonds.